The molecular weight excluding hydrogens is 323 g/mol. The van der Waals surface area contributed by atoms with Crippen LogP contribution < -0.4 is 15.4 Å². The van der Waals surface area contributed by atoms with Crippen molar-refractivity contribution in [3.05, 3.63) is 59.9 Å². The summed E-state index contributed by atoms with van der Waals surface area (Å²) in [6.45, 7) is 0.321. The maximum absolute atomic E-state index is 12.9. The van der Waals surface area contributed by atoms with E-state index in [9.17, 15) is 14.0 Å². The number of amides is 2. The summed E-state index contributed by atoms with van der Waals surface area (Å²) in [6.07, 6.45) is 1.01. The Morgan fingerprint density at radius 3 is 2.48 bits per heavy atom. The van der Waals surface area contributed by atoms with Gasteiger partial charge in [0.1, 0.15) is 17.0 Å². The summed E-state index contributed by atoms with van der Waals surface area (Å²) in [7, 11) is 1.58. The Balaban J connectivity index is 1.60. The molecular formula is C19H19FN2O3. The summed E-state index contributed by atoms with van der Waals surface area (Å²) in [5, 5.41) is 5.50. The van der Waals surface area contributed by atoms with Gasteiger partial charge in [0.15, 0.2) is 0 Å². The molecule has 0 spiro atoms. The minimum absolute atomic E-state index is 0.296. The first-order chi connectivity index (χ1) is 12.0. The van der Waals surface area contributed by atoms with Crippen molar-refractivity contribution in [1.29, 1.82) is 0 Å². The Morgan fingerprint density at radius 2 is 1.84 bits per heavy atom. The van der Waals surface area contributed by atoms with Gasteiger partial charge < -0.3 is 15.4 Å². The normalized spacial score (nSPS) is 14.5. The van der Waals surface area contributed by atoms with Crippen molar-refractivity contribution >= 4 is 17.5 Å². The van der Waals surface area contributed by atoms with Gasteiger partial charge in [-0.2, -0.15) is 0 Å². The van der Waals surface area contributed by atoms with Gasteiger partial charge in [-0.1, -0.05) is 12.1 Å². The quantitative estimate of drug-likeness (QED) is 0.793. The lowest BCUT2D eigenvalue weighted by Crippen LogP contribution is -2.39. The number of anilines is 1. The Bertz CT molecular complexity index is 786. The largest absolute Gasteiger partial charge is 0.497 e. The van der Waals surface area contributed by atoms with E-state index in [2.05, 4.69) is 10.6 Å². The number of carbonyl (C=O) groups is 2. The van der Waals surface area contributed by atoms with E-state index in [0.29, 0.717) is 30.8 Å². The van der Waals surface area contributed by atoms with Crippen molar-refractivity contribution in [2.75, 3.05) is 12.4 Å². The molecule has 2 aromatic carbocycles. The number of rotatable bonds is 6. The molecule has 1 aliphatic rings. The zero-order chi connectivity index (χ0) is 17.9. The van der Waals surface area contributed by atoms with Crippen molar-refractivity contribution in [2.45, 2.75) is 19.4 Å². The fraction of sp³-hybridized carbons (Fsp3) is 0.263. The van der Waals surface area contributed by atoms with E-state index in [0.717, 1.165) is 5.56 Å². The Morgan fingerprint density at radius 1 is 1.12 bits per heavy atom. The smallest absolute Gasteiger partial charge is 0.240 e. The van der Waals surface area contributed by atoms with E-state index < -0.39 is 5.41 Å². The Labute approximate surface area is 145 Å². The van der Waals surface area contributed by atoms with Crippen LogP contribution in [-0.4, -0.2) is 18.9 Å². The molecule has 0 aromatic heterocycles. The van der Waals surface area contributed by atoms with Crippen LogP contribution in [0.5, 0.6) is 5.75 Å². The predicted molar refractivity (Wildman–Crippen MR) is 91.5 cm³/mol. The van der Waals surface area contributed by atoms with E-state index >= 15 is 0 Å². The molecule has 0 saturated heterocycles. The lowest BCUT2D eigenvalue weighted by Gasteiger charge is -2.15. The third-order valence-electron chi connectivity index (χ3n) is 4.31. The van der Waals surface area contributed by atoms with Gasteiger partial charge in [-0.3, -0.25) is 9.59 Å². The van der Waals surface area contributed by atoms with Crippen molar-refractivity contribution in [3.63, 3.8) is 0 Å². The summed E-state index contributed by atoms with van der Waals surface area (Å²) in [4.78, 5) is 24.9. The van der Waals surface area contributed by atoms with Crippen LogP contribution in [0.1, 0.15) is 18.4 Å². The number of carbonyl (C=O) groups excluding carboxylic acids is 2. The van der Waals surface area contributed by atoms with Crippen molar-refractivity contribution in [2.24, 2.45) is 5.41 Å². The Hall–Kier alpha value is -2.89. The maximum atomic E-state index is 12.9. The van der Waals surface area contributed by atoms with Gasteiger partial charge in [-0.25, -0.2) is 4.39 Å². The van der Waals surface area contributed by atoms with Crippen LogP contribution in [-0.2, 0) is 16.1 Å². The molecule has 2 aromatic rings. The second kappa shape index (κ2) is 6.93. The zero-order valence-electron chi connectivity index (χ0n) is 13.8. The van der Waals surface area contributed by atoms with Gasteiger partial charge in [0.25, 0.3) is 0 Å². The van der Waals surface area contributed by atoms with Crippen LogP contribution >= 0.6 is 0 Å². The summed E-state index contributed by atoms with van der Waals surface area (Å²) in [6, 6.07) is 12.8. The molecule has 25 heavy (non-hydrogen) atoms. The second-order valence-electron chi connectivity index (χ2n) is 6.08. The summed E-state index contributed by atoms with van der Waals surface area (Å²) < 4.78 is 18.1. The highest BCUT2D eigenvalue weighted by atomic mass is 19.1. The molecule has 0 bridgehead atoms. The number of benzene rings is 2. The third-order valence-corrected chi connectivity index (χ3v) is 4.31. The summed E-state index contributed by atoms with van der Waals surface area (Å²) in [5.41, 5.74) is 0.327. The maximum Gasteiger partial charge on any atom is 0.240 e. The molecule has 0 aliphatic heterocycles. The molecule has 0 heterocycles. The molecule has 0 unspecified atom stereocenters. The molecule has 1 aliphatic carbocycles. The highest BCUT2D eigenvalue weighted by Crippen LogP contribution is 2.46. The predicted octanol–water partition coefficient (Wildman–Crippen LogP) is 2.87. The van der Waals surface area contributed by atoms with E-state index in [1.807, 2.05) is 24.3 Å². The standard InChI is InChI=1S/C19H19FN2O3/c1-25-16-4-2-3-13(11-16)12-21-17(23)19(9-10-19)18(24)22-15-7-5-14(20)6-8-15/h2-8,11H,9-10,12H2,1H3,(H,21,23)(H,22,24). The molecule has 0 atom stereocenters. The Kier molecular flexibility index (Phi) is 4.70. The average molecular weight is 342 g/mol. The molecule has 130 valence electrons. The highest BCUT2D eigenvalue weighted by molar-refractivity contribution is 6.13. The first-order valence-corrected chi connectivity index (χ1v) is 8.02. The monoisotopic (exact) mass is 342 g/mol. The van der Waals surface area contributed by atoms with Crippen LogP contribution in [0.2, 0.25) is 0 Å². The number of nitrogens with one attached hydrogen (secondary N) is 2. The molecule has 2 N–H and O–H groups in total. The first-order valence-electron chi connectivity index (χ1n) is 8.02. The molecule has 1 saturated carbocycles. The van der Waals surface area contributed by atoms with Crippen molar-refractivity contribution < 1.29 is 18.7 Å². The minimum atomic E-state index is -1.03. The van der Waals surface area contributed by atoms with Gasteiger partial charge in [0.2, 0.25) is 11.8 Å². The van der Waals surface area contributed by atoms with E-state index in [4.69, 9.17) is 4.74 Å². The number of ether oxygens (including phenoxy) is 1. The minimum Gasteiger partial charge on any atom is -0.497 e. The van der Waals surface area contributed by atoms with Crippen molar-refractivity contribution in [3.8, 4) is 5.75 Å². The first kappa shape index (κ1) is 17.0. The highest BCUT2D eigenvalue weighted by Gasteiger charge is 2.56. The lowest BCUT2D eigenvalue weighted by atomic mass is 10.0. The van der Waals surface area contributed by atoms with E-state index in [1.54, 1.807) is 7.11 Å². The molecule has 2 amide bonds. The number of methoxy groups -OCH3 is 1. The topological polar surface area (TPSA) is 67.4 Å². The fourth-order valence-corrected chi connectivity index (χ4v) is 2.60. The van der Waals surface area contributed by atoms with Gasteiger partial charge in [-0.15, -0.1) is 0 Å². The van der Waals surface area contributed by atoms with Crippen LogP contribution in [0.15, 0.2) is 48.5 Å². The molecule has 5 nitrogen and oxygen atoms in total. The lowest BCUT2D eigenvalue weighted by molar-refractivity contribution is -0.134. The SMILES string of the molecule is COc1cccc(CNC(=O)C2(C(=O)Nc3ccc(F)cc3)CC2)c1. The third kappa shape index (κ3) is 3.79. The number of halogens is 1. The average Bonchev–Trinajstić information content (AvgIpc) is 3.44. The van der Waals surface area contributed by atoms with Gasteiger partial charge >= 0.3 is 0 Å². The number of hydrogen-bond donors (Lipinski definition) is 2. The molecule has 1 fully saturated rings. The van der Waals surface area contributed by atoms with Crippen LogP contribution in [0.3, 0.4) is 0 Å². The zero-order valence-corrected chi connectivity index (χ0v) is 13.8. The second-order valence-corrected chi connectivity index (χ2v) is 6.08. The van der Waals surface area contributed by atoms with Gasteiger partial charge in [0.05, 0.1) is 7.11 Å². The number of hydrogen-bond acceptors (Lipinski definition) is 3. The summed E-state index contributed by atoms with van der Waals surface area (Å²) >= 11 is 0. The van der Waals surface area contributed by atoms with Gasteiger partial charge in [-0.05, 0) is 54.8 Å². The van der Waals surface area contributed by atoms with Crippen LogP contribution in [0, 0.1) is 11.2 Å². The van der Waals surface area contributed by atoms with Crippen molar-refractivity contribution in [1.82, 2.24) is 5.32 Å². The summed E-state index contributed by atoms with van der Waals surface area (Å²) in [5.74, 6) is -0.325. The van der Waals surface area contributed by atoms with Gasteiger partial charge in [0, 0.05) is 12.2 Å². The van der Waals surface area contributed by atoms with E-state index in [1.165, 1.54) is 24.3 Å². The van der Waals surface area contributed by atoms with Crippen LogP contribution in [0.25, 0.3) is 0 Å². The van der Waals surface area contributed by atoms with Crippen LogP contribution in [0.4, 0.5) is 10.1 Å². The fourth-order valence-electron chi connectivity index (χ4n) is 2.60. The van der Waals surface area contributed by atoms with E-state index in [-0.39, 0.29) is 17.6 Å². The molecule has 6 heteroatoms. The molecule has 0 radical (unpaired) electrons. The molecule has 3 rings (SSSR count).